The molecule has 8 nitrogen and oxygen atoms in total. The molecule has 0 unspecified atom stereocenters. The molecule has 1 N–H and O–H groups in total. The number of fused-ring (bicyclic) bond motifs is 1. The van der Waals surface area contributed by atoms with E-state index in [4.69, 9.17) is 9.47 Å². The summed E-state index contributed by atoms with van der Waals surface area (Å²) in [5.74, 6) is 0.863. The summed E-state index contributed by atoms with van der Waals surface area (Å²) in [5, 5.41) is 14.8. The molecule has 1 aliphatic heterocycles. The van der Waals surface area contributed by atoms with Crippen LogP contribution in [0.4, 0.5) is 5.95 Å². The molecule has 0 radical (unpaired) electrons. The zero-order valence-corrected chi connectivity index (χ0v) is 14.7. The second-order valence-corrected chi connectivity index (χ2v) is 5.97. The van der Waals surface area contributed by atoms with Crippen LogP contribution in [-0.4, -0.2) is 38.9 Å². The first-order valence-electron chi connectivity index (χ1n) is 8.20. The number of rotatable bonds is 5. The molecule has 0 aliphatic carbocycles. The zero-order valence-electron chi connectivity index (χ0n) is 14.7. The van der Waals surface area contributed by atoms with Gasteiger partial charge in [-0.3, -0.25) is 0 Å². The van der Waals surface area contributed by atoms with Gasteiger partial charge in [-0.05, 0) is 55.8 Å². The SMILES string of the molecule is CCOc1ccc([C@@H]2C(C(=O)OC(C)C)=C(C)Nc3nnnn32)cc1. The number of esters is 1. The molecule has 2 aromatic rings. The summed E-state index contributed by atoms with van der Waals surface area (Å²) < 4.78 is 12.5. The van der Waals surface area contributed by atoms with E-state index in [0.29, 0.717) is 23.8 Å². The van der Waals surface area contributed by atoms with Crippen LogP contribution in [-0.2, 0) is 9.53 Å². The lowest BCUT2D eigenvalue weighted by atomic mass is 9.95. The number of benzene rings is 1. The molecule has 3 rings (SSSR count). The van der Waals surface area contributed by atoms with Gasteiger partial charge in [-0.2, -0.15) is 4.68 Å². The van der Waals surface area contributed by atoms with Crippen molar-refractivity contribution in [2.45, 2.75) is 39.8 Å². The van der Waals surface area contributed by atoms with Crippen molar-refractivity contribution in [3.05, 3.63) is 41.1 Å². The zero-order chi connectivity index (χ0) is 18.0. The number of aromatic nitrogens is 4. The third-order valence-corrected chi connectivity index (χ3v) is 3.78. The lowest BCUT2D eigenvalue weighted by molar-refractivity contribution is -0.143. The van der Waals surface area contributed by atoms with Crippen molar-refractivity contribution in [1.82, 2.24) is 20.2 Å². The van der Waals surface area contributed by atoms with E-state index >= 15 is 0 Å². The van der Waals surface area contributed by atoms with Crippen LogP contribution in [0.2, 0.25) is 0 Å². The molecular weight excluding hydrogens is 322 g/mol. The van der Waals surface area contributed by atoms with E-state index in [-0.39, 0.29) is 12.1 Å². The molecule has 8 heteroatoms. The van der Waals surface area contributed by atoms with Gasteiger partial charge >= 0.3 is 5.97 Å². The third kappa shape index (κ3) is 3.33. The average molecular weight is 343 g/mol. The van der Waals surface area contributed by atoms with Crippen molar-refractivity contribution in [3.8, 4) is 5.75 Å². The maximum Gasteiger partial charge on any atom is 0.338 e. The molecule has 25 heavy (non-hydrogen) atoms. The van der Waals surface area contributed by atoms with Gasteiger partial charge < -0.3 is 14.8 Å². The summed E-state index contributed by atoms with van der Waals surface area (Å²) in [4.78, 5) is 12.7. The standard InChI is InChI=1S/C17H21N5O3/c1-5-24-13-8-6-12(7-9-13)15-14(16(23)25-10(2)3)11(4)18-17-19-20-21-22(15)17/h6-10,15H,5H2,1-4H3,(H,18,19,21)/t15-/m1/s1. The van der Waals surface area contributed by atoms with Gasteiger partial charge in [0.2, 0.25) is 5.95 Å². The Morgan fingerprint density at radius 2 is 2.04 bits per heavy atom. The van der Waals surface area contributed by atoms with Crippen LogP contribution in [0.1, 0.15) is 39.3 Å². The molecule has 1 aliphatic rings. The minimum Gasteiger partial charge on any atom is -0.494 e. The van der Waals surface area contributed by atoms with Gasteiger partial charge in [0.15, 0.2) is 0 Å². The van der Waals surface area contributed by atoms with Gasteiger partial charge in [0.05, 0.1) is 18.3 Å². The summed E-state index contributed by atoms with van der Waals surface area (Å²) in [7, 11) is 0. The van der Waals surface area contributed by atoms with E-state index < -0.39 is 6.04 Å². The van der Waals surface area contributed by atoms with Gasteiger partial charge in [0, 0.05) is 5.70 Å². The van der Waals surface area contributed by atoms with Crippen molar-refractivity contribution in [3.63, 3.8) is 0 Å². The molecule has 1 aromatic carbocycles. The molecular formula is C17H21N5O3. The van der Waals surface area contributed by atoms with E-state index in [2.05, 4.69) is 20.8 Å². The van der Waals surface area contributed by atoms with E-state index in [1.165, 1.54) is 0 Å². The van der Waals surface area contributed by atoms with Gasteiger partial charge in [0.25, 0.3) is 0 Å². The number of ether oxygens (including phenoxy) is 2. The molecule has 0 spiro atoms. The number of hydrogen-bond donors (Lipinski definition) is 1. The highest BCUT2D eigenvalue weighted by atomic mass is 16.5. The predicted molar refractivity (Wildman–Crippen MR) is 91.1 cm³/mol. The highest BCUT2D eigenvalue weighted by molar-refractivity contribution is 5.92. The summed E-state index contributed by atoms with van der Waals surface area (Å²) in [6.45, 7) is 7.97. The first-order valence-corrected chi connectivity index (χ1v) is 8.20. The van der Waals surface area contributed by atoms with E-state index in [1.807, 2.05) is 52.0 Å². The number of allylic oxidation sites excluding steroid dienone is 1. The Balaban J connectivity index is 2.04. The van der Waals surface area contributed by atoms with Crippen molar-refractivity contribution in [2.24, 2.45) is 0 Å². The second-order valence-electron chi connectivity index (χ2n) is 5.97. The fourth-order valence-electron chi connectivity index (χ4n) is 2.78. The number of tetrazole rings is 1. The molecule has 1 atom stereocenters. The largest absolute Gasteiger partial charge is 0.494 e. The average Bonchev–Trinajstić information content (AvgIpc) is 3.01. The van der Waals surface area contributed by atoms with Crippen molar-refractivity contribution in [2.75, 3.05) is 11.9 Å². The normalized spacial score (nSPS) is 16.4. The van der Waals surface area contributed by atoms with Crippen LogP contribution in [0.15, 0.2) is 35.5 Å². The van der Waals surface area contributed by atoms with Gasteiger partial charge in [-0.15, -0.1) is 0 Å². The Morgan fingerprint density at radius 3 is 2.68 bits per heavy atom. The third-order valence-electron chi connectivity index (χ3n) is 3.78. The molecule has 0 bridgehead atoms. The Bertz CT molecular complexity index is 795. The summed E-state index contributed by atoms with van der Waals surface area (Å²) in [5.41, 5.74) is 2.03. The Kier molecular flexibility index (Phi) is 4.69. The van der Waals surface area contributed by atoms with Crippen molar-refractivity contribution in [1.29, 1.82) is 0 Å². The number of hydrogen-bond acceptors (Lipinski definition) is 7. The lowest BCUT2D eigenvalue weighted by Gasteiger charge is -2.28. The maximum absolute atomic E-state index is 12.7. The molecule has 2 heterocycles. The Hall–Kier alpha value is -2.90. The summed E-state index contributed by atoms with van der Waals surface area (Å²) in [6.07, 6.45) is -0.218. The highest BCUT2D eigenvalue weighted by Gasteiger charge is 2.35. The first kappa shape index (κ1) is 16.9. The molecule has 0 saturated carbocycles. The second kappa shape index (κ2) is 6.92. The lowest BCUT2D eigenvalue weighted by Crippen LogP contribution is -2.30. The van der Waals surface area contributed by atoms with E-state index in [9.17, 15) is 4.79 Å². The minimum absolute atomic E-state index is 0.218. The number of nitrogens with one attached hydrogen (secondary N) is 1. The van der Waals surface area contributed by atoms with Crippen LogP contribution in [0.5, 0.6) is 5.75 Å². The fraction of sp³-hybridized carbons (Fsp3) is 0.412. The van der Waals surface area contributed by atoms with Gasteiger partial charge in [-0.25, -0.2) is 4.79 Å². The number of anilines is 1. The fourth-order valence-corrected chi connectivity index (χ4v) is 2.78. The van der Waals surface area contributed by atoms with Gasteiger partial charge in [0.1, 0.15) is 11.8 Å². The highest BCUT2D eigenvalue weighted by Crippen LogP contribution is 2.35. The monoisotopic (exact) mass is 343 g/mol. The van der Waals surface area contributed by atoms with Crippen LogP contribution < -0.4 is 10.1 Å². The smallest absolute Gasteiger partial charge is 0.338 e. The number of carbonyl (C=O) groups excluding carboxylic acids is 1. The Morgan fingerprint density at radius 1 is 1.32 bits per heavy atom. The Labute approximate surface area is 145 Å². The molecule has 0 saturated heterocycles. The molecule has 132 valence electrons. The topological polar surface area (TPSA) is 91.2 Å². The maximum atomic E-state index is 12.7. The van der Waals surface area contributed by atoms with Gasteiger partial charge in [-0.1, -0.05) is 17.2 Å². The molecule has 1 aromatic heterocycles. The van der Waals surface area contributed by atoms with Crippen LogP contribution >= 0.6 is 0 Å². The molecule has 0 fully saturated rings. The number of nitrogens with zero attached hydrogens (tertiary/aromatic N) is 4. The molecule has 0 amide bonds. The summed E-state index contributed by atoms with van der Waals surface area (Å²) in [6, 6.07) is 7.08. The van der Waals surface area contributed by atoms with Crippen LogP contribution in [0.25, 0.3) is 0 Å². The first-order chi connectivity index (χ1) is 12.0. The van der Waals surface area contributed by atoms with Crippen molar-refractivity contribution < 1.29 is 14.3 Å². The van der Waals surface area contributed by atoms with E-state index in [1.54, 1.807) is 4.68 Å². The van der Waals surface area contributed by atoms with Crippen molar-refractivity contribution >= 4 is 11.9 Å². The van der Waals surface area contributed by atoms with Crippen LogP contribution in [0, 0.1) is 0 Å². The van der Waals surface area contributed by atoms with E-state index in [0.717, 1.165) is 11.3 Å². The predicted octanol–water partition coefficient (Wildman–Crippen LogP) is 2.31. The summed E-state index contributed by atoms with van der Waals surface area (Å²) >= 11 is 0. The number of carbonyl (C=O) groups is 1. The van der Waals surface area contributed by atoms with Crippen LogP contribution in [0.3, 0.4) is 0 Å². The quantitative estimate of drug-likeness (QED) is 0.833. The minimum atomic E-state index is -0.465.